The lowest BCUT2D eigenvalue weighted by molar-refractivity contribution is 0.0959. The molecule has 1 aromatic rings. The summed E-state index contributed by atoms with van der Waals surface area (Å²) in [6.07, 6.45) is -0.690. The first-order chi connectivity index (χ1) is 8.08. The Morgan fingerprint density at radius 3 is 2.88 bits per heavy atom. The largest absolute Gasteiger partial charge is 0.390 e. The number of rotatable bonds is 5. The van der Waals surface area contributed by atoms with Crippen molar-refractivity contribution in [1.82, 2.24) is 5.32 Å². The summed E-state index contributed by atoms with van der Waals surface area (Å²) in [7, 11) is 1.43. The van der Waals surface area contributed by atoms with E-state index in [4.69, 9.17) is 11.6 Å². The zero-order chi connectivity index (χ0) is 12.8. The van der Waals surface area contributed by atoms with Crippen molar-refractivity contribution in [2.75, 3.05) is 24.8 Å². The summed E-state index contributed by atoms with van der Waals surface area (Å²) in [4.78, 5) is 11.3. The van der Waals surface area contributed by atoms with Crippen molar-refractivity contribution in [3.8, 4) is 0 Å². The molecule has 0 aromatic heterocycles. The van der Waals surface area contributed by atoms with Gasteiger partial charge in [0.1, 0.15) is 5.82 Å². The molecule has 0 aliphatic carbocycles. The lowest BCUT2D eigenvalue weighted by Crippen LogP contribution is -2.22. The van der Waals surface area contributed by atoms with Crippen molar-refractivity contribution < 1.29 is 14.3 Å². The highest BCUT2D eigenvalue weighted by Crippen LogP contribution is 2.14. The zero-order valence-electron chi connectivity index (χ0n) is 9.34. The van der Waals surface area contributed by atoms with Gasteiger partial charge in [0.2, 0.25) is 0 Å². The van der Waals surface area contributed by atoms with Crippen LogP contribution in [0.2, 0.25) is 0 Å². The van der Waals surface area contributed by atoms with E-state index in [0.29, 0.717) is 5.69 Å². The highest BCUT2D eigenvalue weighted by Gasteiger charge is 2.11. The monoisotopic (exact) mass is 260 g/mol. The molecule has 0 radical (unpaired) electrons. The third kappa shape index (κ3) is 3.87. The molecule has 4 nitrogen and oxygen atoms in total. The van der Waals surface area contributed by atoms with E-state index < -0.39 is 17.8 Å². The molecular weight excluding hydrogens is 247 g/mol. The predicted molar refractivity (Wildman–Crippen MR) is 65.0 cm³/mol. The number of aliphatic hydroxyl groups excluding tert-OH is 1. The summed E-state index contributed by atoms with van der Waals surface area (Å²) in [5.41, 5.74) is 0.507. The van der Waals surface area contributed by atoms with Crippen LogP contribution in [0.4, 0.5) is 10.1 Å². The SMILES string of the molecule is CNC(=O)c1cc(NCC(O)CCl)ccc1F. The van der Waals surface area contributed by atoms with Gasteiger partial charge in [0.15, 0.2) is 0 Å². The van der Waals surface area contributed by atoms with Crippen LogP contribution in [-0.2, 0) is 0 Å². The van der Waals surface area contributed by atoms with Gasteiger partial charge in [0, 0.05) is 19.3 Å². The molecule has 0 bridgehead atoms. The van der Waals surface area contributed by atoms with E-state index in [9.17, 15) is 14.3 Å². The van der Waals surface area contributed by atoms with Gasteiger partial charge in [-0.1, -0.05) is 0 Å². The number of halogens is 2. The Balaban J connectivity index is 2.78. The number of hydrogen-bond acceptors (Lipinski definition) is 3. The Morgan fingerprint density at radius 1 is 1.59 bits per heavy atom. The molecule has 3 N–H and O–H groups in total. The second kappa shape index (κ2) is 6.42. The fraction of sp³-hybridized carbons (Fsp3) is 0.364. The number of hydrogen-bond donors (Lipinski definition) is 3. The Labute approximate surface area is 104 Å². The zero-order valence-corrected chi connectivity index (χ0v) is 10.1. The molecular formula is C11H14ClFN2O2. The quantitative estimate of drug-likeness (QED) is 0.697. The second-order valence-corrected chi connectivity index (χ2v) is 3.77. The molecule has 0 spiro atoms. The van der Waals surface area contributed by atoms with Gasteiger partial charge in [-0.3, -0.25) is 4.79 Å². The number of amides is 1. The summed E-state index contributed by atoms with van der Waals surface area (Å²) in [5, 5.41) is 14.5. The van der Waals surface area contributed by atoms with E-state index in [-0.39, 0.29) is 18.0 Å². The number of carbonyl (C=O) groups excluding carboxylic acids is 1. The standard InChI is InChI=1S/C11H14ClFN2O2/c1-14-11(17)9-4-7(2-3-10(9)13)15-6-8(16)5-12/h2-4,8,15-16H,5-6H2,1H3,(H,14,17). The minimum absolute atomic E-state index is 0.0436. The summed E-state index contributed by atoms with van der Waals surface area (Å²) in [6, 6.07) is 4.07. The molecule has 1 rings (SSSR count). The number of carbonyl (C=O) groups is 1. The fourth-order valence-electron chi connectivity index (χ4n) is 1.23. The van der Waals surface area contributed by atoms with Gasteiger partial charge in [-0.25, -0.2) is 4.39 Å². The number of benzene rings is 1. The number of alkyl halides is 1. The van der Waals surface area contributed by atoms with Gasteiger partial charge >= 0.3 is 0 Å². The average Bonchev–Trinajstić information content (AvgIpc) is 2.36. The lowest BCUT2D eigenvalue weighted by atomic mass is 10.1. The maximum absolute atomic E-state index is 13.3. The Kier molecular flexibility index (Phi) is 5.18. The molecule has 6 heteroatoms. The highest BCUT2D eigenvalue weighted by molar-refractivity contribution is 6.18. The molecule has 1 aromatic carbocycles. The van der Waals surface area contributed by atoms with Crippen molar-refractivity contribution >= 4 is 23.2 Å². The molecule has 1 unspecified atom stereocenters. The van der Waals surface area contributed by atoms with Crippen LogP contribution in [0.1, 0.15) is 10.4 Å². The van der Waals surface area contributed by atoms with Crippen molar-refractivity contribution in [1.29, 1.82) is 0 Å². The molecule has 17 heavy (non-hydrogen) atoms. The van der Waals surface area contributed by atoms with E-state index in [0.717, 1.165) is 0 Å². The summed E-state index contributed by atoms with van der Waals surface area (Å²) < 4.78 is 13.3. The third-order valence-corrected chi connectivity index (χ3v) is 2.51. The van der Waals surface area contributed by atoms with Gasteiger partial charge in [-0.2, -0.15) is 0 Å². The molecule has 1 atom stereocenters. The van der Waals surface area contributed by atoms with Crippen LogP contribution in [0.3, 0.4) is 0 Å². The molecule has 0 heterocycles. The van der Waals surface area contributed by atoms with Crippen molar-refractivity contribution in [3.63, 3.8) is 0 Å². The first-order valence-corrected chi connectivity index (χ1v) is 5.61. The number of anilines is 1. The smallest absolute Gasteiger partial charge is 0.254 e. The molecule has 0 saturated heterocycles. The van der Waals surface area contributed by atoms with Gasteiger partial charge in [-0.05, 0) is 18.2 Å². The minimum Gasteiger partial charge on any atom is -0.390 e. The van der Waals surface area contributed by atoms with Crippen LogP contribution in [-0.4, -0.2) is 36.6 Å². The third-order valence-electron chi connectivity index (χ3n) is 2.16. The van der Waals surface area contributed by atoms with E-state index >= 15 is 0 Å². The molecule has 1 amide bonds. The van der Waals surface area contributed by atoms with E-state index in [2.05, 4.69) is 10.6 Å². The average molecular weight is 261 g/mol. The summed E-state index contributed by atoms with van der Waals surface area (Å²) in [5.74, 6) is -0.979. The predicted octanol–water partition coefficient (Wildman–Crippen LogP) is 1.20. The van der Waals surface area contributed by atoms with Crippen LogP contribution < -0.4 is 10.6 Å². The lowest BCUT2D eigenvalue weighted by Gasteiger charge is -2.11. The van der Waals surface area contributed by atoms with Gasteiger partial charge < -0.3 is 15.7 Å². The van der Waals surface area contributed by atoms with Gasteiger partial charge in [0.05, 0.1) is 17.5 Å². The molecule has 94 valence electrons. The van der Waals surface area contributed by atoms with Crippen molar-refractivity contribution in [2.45, 2.75) is 6.10 Å². The Hall–Kier alpha value is -1.33. The topological polar surface area (TPSA) is 61.4 Å². The van der Waals surface area contributed by atoms with Crippen LogP contribution in [0.5, 0.6) is 0 Å². The highest BCUT2D eigenvalue weighted by atomic mass is 35.5. The molecule has 0 aliphatic heterocycles. The van der Waals surface area contributed by atoms with E-state index in [1.807, 2.05) is 0 Å². The van der Waals surface area contributed by atoms with Crippen LogP contribution in [0.25, 0.3) is 0 Å². The minimum atomic E-state index is -0.690. The summed E-state index contributed by atoms with van der Waals surface area (Å²) >= 11 is 5.43. The van der Waals surface area contributed by atoms with E-state index in [1.54, 1.807) is 0 Å². The van der Waals surface area contributed by atoms with Crippen LogP contribution in [0.15, 0.2) is 18.2 Å². The Morgan fingerprint density at radius 2 is 2.29 bits per heavy atom. The Bertz CT molecular complexity index is 401. The van der Waals surface area contributed by atoms with Crippen LogP contribution >= 0.6 is 11.6 Å². The van der Waals surface area contributed by atoms with Gasteiger partial charge in [-0.15, -0.1) is 11.6 Å². The van der Waals surface area contributed by atoms with Crippen molar-refractivity contribution in [3.05, 3.63) is 29.6 Å². The second-order valence-electron chi connectivity index (χ2n) is 3.46. The van der Waals surface area contributed by atoms with Crippen LogP contribution in [0, 0.1) is 5.82 Å². The maximum Gasteiger partial charge on any atom is 0.254 e. The summed E-state index contributed by atoms with van der Waals surface area (Å²) in [6.45, 7) is 0.238. The number of aliphatic hydroxyl groups is 1. The van der Waals surface area contributed by atoms with Crippen molar-refractivity contribution in [2.24, 2.45) is 0 Å². The molecule has 0 saturated carbocycles. The normalized spacial score (nSPS) is 12.0. The van der Waals surface area contributed by atoms with E-state index in [1.165, 1.54) is 25.2 Å². The fourth-order valence-corrected chi connectivity index (χ4v) is 1.34. The maximum atomic E-state index is 13.3. The van der Waals surface area contributed by atoms with Gasteiger partial charge in [0.25, 0.3) is 5.91 Å². The first-order valence-electron chi connectivity index (χ1n) is 5.08. The molecule has 0 aliphatic rings. The number of nitrogens with one attached hydrogen (secondary N) is 2. The molecule has 0 fully saturated rings. The first kappa shape index (κ1) is 13.7.